The maximum atomic E-state index is 12.1. The number of hydrogen-bond acceptors (Lipinski definition) is 6. The molecule has 0 saturated heterocycles. The minimum atomic E-state index is -3.58. The SMILES string of the molecule is CNCc1ccc(S(=O)(=O)NCc2nc(C)no2)cc1. The second-order valence-corrected chi connectivity index (χ2v) is 6.00. The van der Waals surface area contributed by atoms with Gasteiger partial charge in [0.15, 0.2) is 5.82 Å². The summed E-state index contributed by atoms with van der Waals surface area (Å²) in [6.07, 6.45) is 0. The highest BCUT2D eigenvalue weighted by atomic mass is 32.2. The minimum Gasteiger partial charge on any atom is -0.338 e. The van der Waals surface area contributed by atoms with E-state index in [9.17, 15) is 8.42 Å². The second kappa shape index (κ2) is 6.12. The van der Waals surface area contributed by atoms with E-state index >= 15 is 0 Å². The molecule has 0 fully saturated rings. The number of aryl methyl sites for hydroxylation is 1. The molecule has 0 atom stereocenters. The first kappa shape index (κ1) is 14.6. The van der Waals surface area contributed by atoms with Gasteiger partial charge in [0.2, 0.25) is 15.9 Å². The topological polar surface area (TPSA) is 97.1 Å². The molecule has 1 heterocycles. The lowest BCUT2D eigenvalue weighted by Gasteiger charge is -2.06. The molecule has 0 saturated carbocycles. The molecule has 0 amide bonds. The Hall–Kier alpha value is -1.77. The molecule has 2 aromatic rings. The molecule has 0 spiro atoms. The summed E-state index contributed by atoms with van der Waals surface area (Å²) in [5.41, 5.74) is 1.01. The van der Waals surface area contributed by atoms with Crippen molar-refractivity contribution in [1.82, 2.24) is 20.2 Å². The monoisotopic (exact) mass is 296 g/mol. The molecule has 2 rings (SSSR count). The van der Waals surface area contributed by atoms with Gasteiger partial charge in [-0.25, -0.2) is 13.1 Å². The summed E-state index contributed by atoms with van der Waals surface area (Å²) in [5, 5.41) is 6.59. The summed E-state index contributed by atoms with van der Waals surface area (Å²) in [6, 6.07) is 6.66. The molecule has 8 heteroatoms. The van der Waals surface area contributed by atoms with Crippen molar-refractivity contribution in [1.29, 1.82) is 0 Å². The van der Waals surface area contributed by atoms with Gasteiger partial charge in [-0.15, -0.1) is 0 Å². The van der Waals surface area contributed by atoms with Crippen LogP contribution in [0.1, 0.15) is 17.3 Å². The van der Waals surface area contributed by atoms with Gasteiger partial charge in [-0.3, -0.25) is 0 Å². The Morgan fingerprint density at radius 3 is 2.45 bits per heavy atom. The van der Waals surface area contributed by atoms with Gasteiger partial charge in [0.1, 0.15) is 0 Å². The van der Waals surface area contributed by atoms with E-state index in [1.165, 1.54) is 0 Å². The summed E-state index contributed by atoms with van der Waals surface area (Å²) in [5.74, 6) is 0.702. The molecule has 20 heavy (non-hydrogen) atoms. The zero-order valence-corrected chi connectivity index (χ0v) is 12.1. The van der Waals surface area contributed by atoms with Crippen LogP contribution in [0.3, 0.4) is 0 Å². The number of aromatic nitrogens is 2. The van der Waals surface area contributed by atoms with Crippen LogP contribution in [-0.4, -0.2) is 25.6 Å². The summed E-state index contributed by atoms with van der Waals surface area (Å²) in [4.78, 5) is 4.14. The van der Waals surface area contributed by atoms with E-state index in [0.29, 0.717) is 12.4 Å². The lowest BCUT2D eigenvalue weighted by atomic mass is 10.2. The van der Waals surface area contributed by atoms with Gasteiger partial charge in [-0.2, -0.15) is 4.98 Å². The maximum Gasteiger partial charge on any atom is 0.241 e. The van der Waals surface area contributed by atoms with Crippen molar-refractivity contribution in [3.05, 3.63) is 41.5 Å². The predicted octanol–water partition coefficient (Wildman–Crippen LogP) is 0.576. The van der Waals surface area contributed by atoms with Crippen molar-refractivity contribution in [2.75, 3.05) is 7.05 Å². The van der Waals surface area contributed by atoms with Gasteiger partial charge in [-0.05, 0) is 31.7 Å². The summed E-state index contributed by atoms with van der Waals surface area (Å²) < 4.78 is 31.4. The standard InChI is InChI=1S/C12H16N4O3S/c1-9-15-12(19-16-9)8-14-20(17,18)11-5-3-10(4-6-11)7-13-2/h3-6,13-14H,7-8H2,1-2H3. The van der Waals surface area contributed by atoms with Crippen molar-refractivity contribution in [2.24, 2.45) is 0 Å². The molecule has 0 aliphatic heterocycles. The molecule has 7 nitrogen and oxygen atoms in total. The number of nitrogens with one attached hydrogen (secondary N) is 2. The fourth-order valence-corrected chi connectivity index (χ4v) is 2.62. The van der Waals surface area contributed by atoms with Gasteiger partial charge in [0.05, 0.1) is 11.4 Å². The highest BCUT2D eigenvalue weighted by Gasteiger charge is 2.15. The molecular formula is C12H16N4O3S. The third-order valence-electron chi connectivity index (χ3n) is 2.60. The number of hydrogen-bond donors (Lipinski definition) is 2. The Morgan fingerprint density at radius 1 is 1.20 bits per heavy atom. The number of nitrogens with zero attached hydrogens (tertiary/aromatic N) is 2. The van der Waals surface area contributed by atoms with Crippen LogP contribution in [0.2, 0.25) is 0 Å². The Morgan fingerprint density at radius 2 is 1.90 bits per heavy atom. The Kier molecular flexibility index (Phi) is 4.48. The molecular weight excluding hydrogens is 280 g/mol. The first-order valence-corrected chi connectivity index (χ1v) is 7.52. The van der Waals surface area contributed by atoms with Crippen molar-refractivity contribution < 1.29 is 12.9 Å². The summed E-state index contributed by atoms with van der Waals surface area (Å²) >= 11 is 0. The van der Waals surface area contributed by atoms with Gasteiger partial charge in [-0.1, -0.05) is 17.3 Å². The Labute approximate surface area is 117 Å². The molecule has 2 N–H and O–H groups in total. The van der Waals surface area contributed by atoms with Gasteiger partial charge in [0.25, 0.3) is 0 Å². The van der Waals surface area contributed by atoms with Crippen molar-refractivity contribution in [3.8, 4) is 0 Å². The number of sulfonamides is 1. The second-order valence-electron chi connectivity index (χ2n) is 4.23. The number of benzene rings is 1. The van der Waals surface area contributed by atoms with Gasteiger partial charge >= 0.3 is 0 Å². The van der Waals surface area contributed by atoms with E-state index in [1.54, 1.807) is 31.2 Å². The van der Waals surface area contributed by atoms with E-state index in [0.717, 1.165) is 5.56 Å². The molecule has 1 aromatic heterocycles. The number of rotatable bonds is 6. The van der Waals surface area contributed by atoms with E-state index in [4.69, 9.17) is 4.52 Å². The van der Waals surface area contributed by atoms with Crippen LogP contribution in [0.4, 0.5) is 0 Å². The fourth-order valence-electron chi connectivity index (χ4n) is 1.64. The summed E-state index contributed by atoms with van der Waals surface area (Å²) in [6.45, 7) is 2.33. The average Bonchev–Trinajstić information content (AvgIpc) is 2.84. The average molecular weight is 296 g/mol. The van der Waals surface area contributed by atoms with Gasteiger partial charge < -0.3 is 9.84 Å². The van der Waals surface area contributed by atoms with E-state index < -0.39 is 10.0 Å². The highest BCUT2D eigenvalue weighted by Crippen LogP contribution is 2.11. The lowest BCUT2D eigenvalue weighted by Crippen LogP contribution is -2.23. The maximum absolute atomic E-state index is 12.1. The van der Waals surface area contributed by atoms with Crippen molar-refractivity contribution in [3.63, 3.8) is 0 Å². The smallest absolute Gasteiger partial charge is 0.241 e. The Bertz CT molecular complexity index is 664. The van der Waals surface area contributed by atoms with Crippen LogP contribution in [0.25, 0.3) is 0 Å². The highest BCUT2D eigenvalue weighted by molar-refractivity contribution is 7.89. The zero-order chi connectivity index (χ0) is 14.6. The van der Waals surface area contributed by atoms with Crippen molar-refractivity contribution >= 4 is 10.0 Å². The fraction of sp³-hybridized carbons (Fsp3) is 0.333. The first-order chi connectivity index (χ1) is 9.51. The largest absolute Gasteiger partial charge is 0.338 e. The molecule has 0 radical (unpaired) electrons. The predicted molar refractivity (Wildman–Crippen MR) is 72.3 cm³/mol. The van der Waals surface area contributed by atoms with Crippen LogP contribution in [0.15, 0.2) is 33.7 Å². The van der Waals surface area contributed by atoms with Crippen molar-refractivity contribution in [2.45, 2.75) is 24.9 Å². The van der Waals surface area contributed by atoms with E-state index in [-0.39, 0.29) is 17.3 Å². The molecule has 0 unspecified atom stereocenters. The van der Waals surface area contributed by atoms with Crippen LogP contribution in [0.5, 0.6) is 0 Å². The molecule has 108 valence electrons. The zero-order valence-electron chi connectivity index (χ0n) is 11.3. The first-order valence-electron chi connectivity index (χ1n) is 6.03. The van der Waals surface area contributed by atoms with Gasteiger partial charge in [0, 0.05) is 6.54 Å². The van der Waals surface area contributed by atoms with E-state index in [2.05, 4.69) is 20.2 Å². The minimum absolute atomic E-state index is 0.0263. The molecule has 0 aliphatic carbocycles. The lowest BCUT2D eigenvalue weighted by molar-refractivity contribution is 0.372. The molecule has 1 aromatic carbocycles. The van der Waals surface area contributed by atoms with Crippen LogP contribution >= 0.6 is 0 Å². The quantitative estimate of drug-likeness (QED) is 0.809. The third-order valence-corrected chi connectivity index (χ3v) is 4.01. The van der Waals surface area contributed by atoms with Crippen LogP contribution < -0.4 is 10.0 Å². The van der Waals surface area contributed by atoms with Crippen LogP contribution in [0, 0.1) is 6.92 Å². The molecule has 0 aliphatic rings. The summed E-state index contributed by atoms with van der Waals surface area (Å²) in [7, 11) is -1.75. The normalized spacial score (nSPS) is 11.7. The third kappa shape index (κ3) is 3.62. The van der Waals surface area contributed by atoms with E-state index in [1.807, 2.05) is 7.05 Å². The Balaban J connectivity index is 2.05. The molecule has 0 bridgehead atoms. The van der Waals surface area contributed by atoms with Crippen LogP contribution in [-0.2, 0) is 23.1 Å².